The number of nitrogens with zero attached hydrogens (tertiary/aromatic N) is 5. The van der Waals surface area contributed by atoms with Gasteiger partial charge in [0.1, 0.15) is 10.6 Å². The van der Waals surface area contributed by atoms with Crippen LogP contribution in [-0.2, 0) is 6.42 Å². The molecule has 0 radical (unpaired) electrons. The number of benzene rings is 2. The number of nitrogens with one attached hydrogen (secondary N) is 1. The molecule has 9 heteroatoms. The van der Waals surface area contributed by atoms with Gasteiger partial charge in [-0.05, 0) is 47.9 Å². The monoisotopic (exact) mass is 548 g/mol. The number of anilines is 2. The van der Waals surface area contributed by atoms with Crippen LogP contribution in [0.3, 0.4) is 0 Å². The summed E-state index contributed by atoms with van der Waals surface area (Å²) >= 11 is 1.61. The predicted molar refractivity (Wildman–Crippen MR) is 159 cm³/mol. The van der Waals surface area contributed by atoms with Gasteiger partial charge in [-0.25, -0.2) is 4.98 Å². The molecule has 1 aliphatic rings. The smallest absolute Gasteiger partial charge is 0.258 e. The lowest BCUT2D eigenvalue weighted by Gasteiger charge is -2.35. The van der Waals surface area contributed by atoms with Crippen LogP contribution in [0, 0.1) is 0 Å². The van der Waals surface area contributed by atoms with Crippen LogP contribution in [-0.4, -0.2) is 57.8 Å². The molecule has 1 aliphatic heterocycles. The molecular formula is C31H28N6O2S. The first-order valence-corrected chi connectivity index (χ1v) is 14.1. The standard InChI is InChI=1S/C31H28N6O2S/c1-2-25-20-26-27(33-31(35-29(26)40-25)34-28(38)23-12-14-32-15-13-23)36-16-18-37(19-17-36)30(39)24-10-8-22(9-11-24)21-6-4-3-5-7-21/h3-15,20H,2,16-19H2,1H3,(H,33,34,35,38). The summed E-state index contributed by atoms with van der Waals surface area (Å²) in [5, 5.41) is 3.82. The van der Waals surface area contributed by atoms with Crippen molar-refractivity contribution in [2.45, 2.75) is 13.3 Å². The van der Waals surface area contributed by atoms with Crippen LogP contribution in [0.5, 0.6) is 0 Å². The summed E-state index contributed by atoms with van der Waals surface area (Å²) < 4.78 is 0. The number of amides is 2. The highest BCUT2D eigenvalue weighted by atomic mass is 32.1. The van der Waals surface area contributed by atoms with E-state index in [9.17, 15) is 9.59 Å². The number of piperazine rings is 1. The zero-order chi connectivity index (χ0) is 27.5. The lowest BCUT2D eigenvalue weighted by atomic mass is 10.0. The average Bonchev–Trinajstić information content (AvgIpc) is 3.45. The van der Waals surface area contributed by atoms with Gasteiger partial charge in [0, 0.05) is 54.6 Å². The van der Waals surface area contributed by atoms with Crippen LogP contribution in [0.2, 0.25) is 0 Å². The lowest BCUT2D eigenvalue weighted by molar-refractivity contribution is 0.0746. The minimum absolute atomic E-state index is 0.0289. The highest BCUT2D eigenvalue weighted by molar-refractivity contribution is 7.18. The SMILES string of the molecule is CCc1cc2c(N3CCN(C(=O)c4ccc(-c5ccccc5)cc4)CC3)nc(NC(=O)c3ccncc3)nc2s1. The maximum atomic E-state index is 13.3. The van der Waals surface area contributed by atoms with E-state index in [2.05, 4.69) is 45.3 Å². The van der Waals surface area contributed by atoms with Gasteiger partial charge in [-0.1, -0.05) is 49.4 Å². The Morgan fingerprint density at radius 1 is 0.850 bits per heavy atom. The van der Waals surface area contributed by atoms with Crippen LogP contribution >= 0.6 is 11.3 Å². The Labute approximate surface area is 236 Å². The highest BCUT2D eigenvalue weighted by Gasteiger charge is 2.25. The van der Waals surface area contributed by atoms with Gasteiger partial charge in [-0.15, -0.1) is 11.3 Å². The molecule has 1 saturated heterocycles. The third kappa shape index (κ3) is 5.28. The van der Waals surface area contributed by atoms with E-state index in [0.717, 1.165) is 33.6 Å². The molecule has 1 N–H and O–H groups in total. The fourth-order valence-electron chi connectivity index (χ4n) is 4.84. The Morgan fingerprint density at radius 2 is 1.55 bits per heavy atom. The number of fused-ring (bicyclic) bond motifs is 1. The fraction of sp³-hybridized carbons (Fsp3) is 0.194. The van der Waals surface area contributed by atoms with Crippen molar-refractivity contribution in [3.05, 3.63) is 101 Å². The molecule has 1 fully saturated rings. The van der Waals surface area contributed by atoms with Gasteiger partial charge >= 0.3 is 0 Å². The Kier molecular flexibility index (Phi) is 7.20. The van der Waals surface area contributed by atoms with E-state index in [1.807, 2.05) is 47.4 Å². The molecule has 2 amide bonds. The minimum atomic E-state index is -0.284. The van der Waals surface area contributed by atoms with Crippen molar-refractivity contribution >= 4 is 45.1 Å². The van der Waals surface area contributed by atoms with Crippen molar-refractivity contribution in [2.24, 2.45) is 0 Å². The van der Waals surface area contributed by atoms with E-state index in [-0.39, 0.29) is 17.8 Å². The zero-order valence-corrected chi connectivity index (χ0v) is 22.9. The van der Waals surface area contributed by atoms with E-state index in [1.54, 1.807) is 35.9 Å². The fourth-order valence-corrected chi connectivity index (χ4v) is 5.81. The van der Waals surface area contributed by atoms with Gasteiger partial charge in [0.15, 0.2) is 0 Å². The van der Waals surface area contributed by atoms with Crippen molar-refractivity contribution < 1.29 is 9.59 Å². The average molecular weight is 549 g/mol. The van der Waals surface area contributed by atoms with E-state index in [1.165, 1.54) is 4.88 Å². The molecule has 0 bridgehead atoms. The molecule has 6 rings (SSSR count). The molecule has 0 aliphatic carbocycles. The van der Waals surface area contributed by atoms with Crippen LogP contribution in [0.4, 0.5) is 11.8 Å². The second kappa shape index (κ2) is 11.2. The molecule has 0 atom stereocenters. The summed E-state index contributed by atoms with van der Waals surface area (Å²) in [5.74, 6) is 0.797. The normalized spacial score (nSPS) is 13.4. The molecule has 0 saturated carbocycles. The highest BCUT2D eigenvalue weighted by Crippen LogP contribution is 2.33. The van der Waals surface area contributed by atoms with Crippen molar-refractivity contribution in [3.63, 3.8) is 0 Å². The van der Waals surface area contributed by atoms with E-state index < -0.39 is 0 Å². The number of carbonyl (C=O) groups excluding carboxylic acids is 2. The van der Waals surface area contributed by atoms with E-state index in [4.69, 9.17) is 4.98 Å². The zero-order valence-electron chi connectivity index (χ0n) is 22.1. The minimum Gasteiger partial charge on any atom is -0.352 e. The number of hydrogen-bond donors (Lipinski definition) is 1. The first-order chi connectivity index (χ1) is 19.6. The van der Waals surface area contributed by atoms with Gasteiger partial charge < -0.3 is 9.80 Å². The van der Waals surface area contributed by atoms with Crippen molar-refractivity contribution in [1.82, 2.24) is 19.9 Å². The number of hydrogen-bond acceptors (Lipinski definition) is 7. The molecule has 40 heavy (non-hydrogen) atoms. The van der Waals surface area contributed by atoms with Gasteiger partial charge in [0.25, 0.3) is 11.8 Å². The largest absolute Gasteiger partial charge is 0.352 e. The predicted octanol–water partition coefficient (Wildman–Crippen LogP) is 5.53. The Bertz CT molecular complexity index is 1650. The summed E-state index contributed by atoms with van der Waals surface area (Å²) in [6.45, 7) is 4.53. The van der Waals surface area contributed by atoms with Crippen LogP contribution in [0.25, 0.3) is 21.3 Å². The molecule has 8 nitrogen and oxygen atoms in total. The summed E-state index contributed by atoms with van der Waals surface area (Å²) in [7, 11) is 0. The second-order valence-corrected chi connectivity index (χ2v) is 10.7. The quantitative estimate of drug-likeness (QED) is 0.300. The first-order valence-electron chi connectivity index (χ1n) is 13.3. The first kappa shape index (κ1) is 25.6. The third-order valence-electron chi connectivity index (χ3n) is 7.05. The third-order valence-corrected chi connectivity index (χ3v) is 8.22. The number of aromatic nitrogens is 3. The van der Waals surface area contributed by atoms with Gasteiger partial charge in [-0.2, -0.15) is 4.98 Å². The Morgan fingerprint density at radius 3 is 2.25 bits per heavy atom. The molecule has 5 aromatic rings. The summed E-state index contributed by atoms with van der Waals surface area (Å²) in [5.41, 5.74) is 3.39. The number of thiophene rings is 1. The lowest BCUT2D eigenvalue weighted by Crippen LogP contribution is -2.49. The molecular weight excluding hydrogens is 520 g/mol. The molecule has 200 valence electrons. The molecule has 3 aromatic heterocycles. The van der Waals surface area contributed by atoms with Crippen molar-refractivity contribution in [1.29, 1.82) is 0 Å². The number of carbonyl (C=O) groups is 2. The van der Waals surface area contributed by atoms with Gasteiger partial charge in [0.2, 0.25) is 5.95 Å². The van der Waals surface area contributed by atoms with Crippen LogP contribution in [0.1, 0.15) is 32.5 Å². The van der Waals surface area contributed by atoms with Crippen LogP contribution in [0.15, 0.2) is 85.2 Å². The Balaban J connectivity index is 1.19. The Hall–Kier alpha value is -4.63. The summed E-state index contributed by atoms with van der Waals surface area (Å²) in [4.78, 5) is 45.6. The maximum absolute atomic E-state index is 13.3. The summed E-state index contributed by atoms with van der Waals surface area (Å²) in [6, 6.07) is 23.4. The number of aryl methyl sites for hydroxylation is 1. The molecule has 4 heterocycles. The maximum Gasteiger partial charge on any atom is 0.258 e. The molecule has 0 unspecified atom stereocenters. The topological polar surface area (TPSA) is 91.3 Å². The van der Waals surface area contributed by atoms with E-state index >= 15 is 0 Å². The second-order valence-electron chi connectivity index (χ2n) is 9.57. The molecule has 2 aromatic carbocycles. The number of rotatable bonds is 6. The van der Waals surface area contributed by atoms with Crippen LogP contribution < -0.4 is 10.2 Å². The molecule has 0 spiro atoms. The van der Waals surface area contributed by atoms with E-state index in [0.29, 0.717) is 37.3 Å². The number of pyridine rings is 1. The van der Waals surface area contributed by atoms with Gasteiger partial charge in [-0.3, -0.25) is 19.9 Å². The summed E-state index contributed by atoms with van der Waals surface area (Å²) in [6.07, 6.45) is 4.05. The van der Waals surface area contributed by atoms with Gasteiger partial charge in [0.05, 0.1) is 5.39 Å². The van der Waals surface area contributed by atoms with Crippen molar-refractivity contribution in [2.75, 3.05) is 36.4 Å². The van der Waals surface area contributed by atoms with Crippen molar-refractivity contribution in [3.8, 4) is 11.1 Å².